The lowest BCUT2D eigenvalue weighted by atomic mass is 10.2. The number of benzene rings is 2. The lowest BCUT2D eigenvalue weighted by Crippen LogP contribution is -2.28. The van der Waals surface area contributed by atoms with Gasteiger partial charge >= 0.3 is 0 Å². The van der Waals surface area contributed by atoms with Crippen LogP contribution in [0.25, 0.3) is 10.9 Å². The van der Waals surface area contributed by atoms with Gasteiger partial charge in [0.2, 0.25) is 5.91 Å². The molecule has 0 unspecified atom stereocenters. The first-order valence-electron chi connectivity index (χ1n) is 9.08. The number of hydrogen-bond donors (Lipinski definition) is 1. The lowest BCUT2D eigenvalue weighted by molar-refractivity contribution is -0.115. The van der Waals surface area contributed by atoms with Gasteiger partial charge in [0, 0.05) is 17.3 Å². The SMILES string of the molecule is CC(C)Cn1c(S[C@H](C)C(=O)Nc2ccc(Cl)cc2)nc2ccccc2c1=O. The van der Waals surface area contributed by atoms with Crippen LogP contribution in [0.2, 0.25) is 5.02 Å². The summed E-state index contributed by atoms with van der Waals surface area (Å²) in [6, 6.07) is 14.2. The minimum Gasteiger partial charge on any atom is -0.325 e. The fourth-order valence-corrected chi connectivity index (χ4v) is 3.80. The van der Waals surface area contributed by atoms with Gasteiger partial charge in [-0.2, -0.15) is 0 Å². The van der Waals surface area contributed by atoms with Crippen LogP contribution in [0.5, 0.6) is 0 Å². The van der Waals surface area contributed by atoms with Crippen molar-refractivity contribution in [2.45, 2.75) is 37.7 Å². The fraction of sp³-hybridized carbons (Fsp3) is 0.286. The minimum atomic E-state index is -0.429. The number of para-hydroxylation sites is 1. The Bertz CT molecular complexity index is 1050. The summed E-state index contributed by atoms with van der Waals surface area (Å²) in [5, 5.41) is 4.19. The first-order valence-corrected chi connectivity index (χ1v) is 10.3. The molecular formula is C21H22ClN3O2S. The second-order valence-corrected chi connectivity index (χ2v) is 8.72. The van der Waals surface area contributed by atoms with Crippen LogP contribution in [-0.4, -0.2) is 20.7 Å². The first kappa shape index (κ1) is 20.4. The second kappa shape index (κ2) is 8.80. The van der Waals surface area contributed by atoms with E-state index in [1.165, 1.54) is 11.8 Å². The Balaban J connectivity index is 1.88. The Morgan fingerprint density at radius 3 is 2.50 bits per heavy atom. The summed E-state index contributed by atoms with van der Waals surface area (Å²) in [7, 11) is 0. The highest BCUT2D eigenvalue weighted by molar-refractivity contribution is 8.00. The average Bonchev–Trinajstić information content (AvgIpc) is 2.66. The van der Waals surface area contributed by atoms with Crippen LogP contribution in [0.4, 0.5) is 5.69 Å². The summed E-state index contributed by atoms with van der Waals surface area (Å²) >= 11 is 7.17. The topological polar surface area (TPSA) is 64.0 Å². The Morgan fingerprint density at radius 2 is 1.82 bits per heavy atom. The van der Waals surface area contributed by atoms with Crippen molar-refractivity contribution in [2.75, 3.05) is 5.32 Å². The van der Waals surface area contributed by atoms with Crippen LogP contribution in [0.1, 0.15) is 20.8 Å². The van der Waals surface area contributed by atoms with E-state index in [1.807, 2.05) is 32.0 Å². The van der Waals surface area contributed by atoms with Crippen LogP contribution in [-0.2, 0) is 11.3 Å². The van der Waals surface area contributed by atoms with E-state index >= 15 is 0 Å². The molecule has 1 heterocycles. The molecule has 3 aromatic rings. The molecule has 2 aromatic carbocycles. The predicted molar refractivity (Wildman–Crippen MR) is 116 cm³/mol. The van der Waals surface area contributed by atoms with Crippen LogP contribution in [0.3, 0.4) is 0 Å². The van der Waals surface area contributed by atoms with E-state index < -0.39 is 5.25 Å². The number of fused-ring (bicyclic) bond motifs is 1. The zero-order valence-corrected chi connectivity index (χ0v) is 17.6. The zero-order valence-electron chi connectivity index (χ0n) is 16.0. The van der Waals surface area contributed by atoms with E-state index in [1.54, 1.807) is 41.8 Å². The molecule has 0 radical (unpaired) electrons. The summed E-state index contributed by atoms with van der Waals surface area (Å²) in [5.74, 6) is 0.115. The van der Waals surface area contributed by atoms with Gasteiger partial charge < -0.3 is 5.32 Å². The molecule has 5 nitrogen and oxygen atoms in total. The van der Waals surface area contributed by atoms with Crippen LogP contribution in [0.15, 0.2) is 58.5 Å². The number of aromatic nitrogens is 2. The lowest BCUT2D eigenvalue weighted by Gasteiger charge is -2.17. The van der Waals surface area contributed by atoms with E-state index in [2.05, 4.69) is 10.3 Å². The number of halogens is 1. The largest absolute Gasteiger partial charge is 0.325 e. The van der Waals surface area contributed by atoms with E-state index in [9.17, 15) is 9.59 Å². The van der Waals surface area contributed by atoms with Crippen molar-refractivity contribution < 1.29 is 4.79 Å². The molecule has 0 saturated heterocycles. The third-order valence-electron chi connectivity index (χ3n) is 4.14. The number of hydrogen-bond acceptors (Lipinski definition) is 4. The molecule has 7 heteroatoms. The summed E-state index contributed by atoms with van der Waals surface area (Å²) in [6.07, 6.45) is 0. The van der Waals surface area contributed by atoms with Gasteiger partial charge in [-0.1, -0.05) is 49.3 Å². The van der Waals surface area contributed by atoms with Crippen molar-refractivity contribution in [1.29, 1.82) is 0 Å². The standard InChI is InChI=1S/C21H22ClN3O2S/c1-13(2)12-25-20(27)17-6-4-5-7-18(17)24-21(25)28-14(3)19(26)23-16-10-8-15(22)9-11-16/h4-11,13-14H,12H2,1-3H3,(H,23,26)/t14-/m1/s1. The third kappa shape index (κ3) is 4.75. The van der Waals surface area contributed by atoms with E-state index in [0.717, 1.165) is 0 Å². The minimum absolute atomic E-state index is 0.0768. The quantitative estimate of drug-likeness (QED) is 0.462. The van der Waals surface area contributed by atoms with Crippen molar-refractivity contribution >= 4 is 45.9 Å². The van der Waals surface area contributed by atoms with Gasteiger partial charge in [0.05, 0.1) is 16.2 Å². The number of amides is 1. The highest BCUT2D eigenvalue weighted by Gasteiger charge is 2.20. The highest BCUT2D eigenvalue weighted by atomic mass is 35.5. The van der Waals surface area contributed by atoms with E-state index in [-0.39, 0.29) is 17.4 Å². The summed E-state index contributed by atoms with van der Waals surface area (Å²) in [6.45, 7) is 6.45. The van der Waals surface area contributed by atoms with Crippen LogP contribution in [0, 0.1) is 5.92 Å². The van der Waals surface area contributed by atoms with Gasteiger partial charge in [0.25, 0.3) is 5.56 Å². The fourth-order valence-electron chi connectivity index (χ4n) is 2.75. The number of carbonyl (C=O) groups excluding carboxylic acids is 1. The normalized spacial score (nSPS) is 12.3. The molecule has 0 saturated carbocycles. The molecule has 28 heavy (non-hydrogen) atoms. The van der Waals surface area contributed by atoms with Crippen LogP contribution < -0.4 is 10.9 Å². The Kier molecular flexibility index (Phi) is 6.42. The summed E-state index contributed by atoms with van der Waals surface area (Å²) < 4.78 is 1.67. The van der Waals surface area contributed by atoms with Crippen molar-refractivity contribution in [2.24, 2.45) is 5.92 Å². The molecule has 0 bridgehead atoms. The molecule has 1 amide bonds. The molecular weight excluding hydrogens is 394 g/mol. The molecule has 1 atom stereocenters. The number of carbonyl (C=O) groups is 1. The molecule has 146 valence electrons. The molecule has 0 aliphatic rings. The van der Waals surface area contributed by atoms with Crippen molar-refractivity contribution in [1.82, 2.24) is 9.55 Å². The van der Waals surface area contributed by atoms with Gasteiger partial charge in [-0.05, 0) is 49.2 Å². The van der Waals surface area contributed by atoms with Gasteiger partial charge in [0.1, 0.15) is 0 Å². The van der Waals surface area contributed by atoms with E-state index in [0.29, 0.717) is 33.3 Å². The number of nitrogens with zero attached hydrogens (tertiary/aromatic N) is 2. The highest BCUT2D eigenvalue weighted by Crippen LogP contribution is 2.24. The Morgan fingerprint density at radius 1 is 1.14 bits per heavy atom. The van der Waals surface area contributed by atoms with E-state index in [4.69, 9.17) is 11.6 Å². The van der Waals surface area contributed by atoms with Gasteiger partial charge in [-0.15, -0.1) is 0 Å². The maximum absolute atomic E-state index is 13.0. The summed E-state index contributed by atoms with van der Waals surface area (Å²) in [4.78, 5) is 30.2. The number of anilines is 1. The van der Waals surface area contributed by atoms with Crippen molar-refractivity contribution in [3.63, 3.8) is 0 Å². The molecule has 0 aliphatic heterocycles. The molecule has 1 aromatic heterocycles. The third-order valence-corrected chi connectivity index (χ3v) is 5.48. The van der Waals surface area contributed by atoms with Gasteiger partial charge in [-0.3, -0.25) is 14.2 Å². The molecule has 3 rings (SSSR count). The molecule has 0 fully saturated rings. The number of nitrogens with one attached hydrogen (secondary N) is 1. The van der Waals surface area contributed by atoms with Crippen molar-refractivity contribution in [3.05, 3.63) is 63.9 Å². The van der Waals surface area contributed by atoms with Gasteiger partial charge in [-0.25, -0.2) is 4.98 Å². The first-order chi connectivity index (χ1) is 13.3. The maximum atomic E-state index is 13.0. The maximum Gasteiger partial charge on any atom is 0.262 e. The molecule has 0 aliphatic carbocycles. The van der Waals surface area contributed by atoms with Gasteiger partial charge in [0.15, 0.2) is 5.16 Å². The molecule has 0 spiro atoms. The molecule has 1 N–H and O–H groups in total. The summed E-state index contributed by atoms with van der Waals surface area (Å²) in [5.41, 5.74) is 1.24. The predicted octanol–water partition coefficient (Wildman–Crippen LogP) is 4.83. The Labute approximate surface area is 173 Å². The van der Waals surface area contributed by atoms with Crippen molar-refractivity contribution in [3.8, 4) is 0 Å². The number of rotatable bonds is 6. The monoisotopic (exact) mass is 415 g/mol. The smallest absolute Gasteiger partial charge is 0.262 e. The van der Waals surface area contributed by atoms with Crippen LogP contribution >= 0.6 is 23.4 Å². The zero-order chi connectivity index (χ0) is 20.3. The average molecular weight is 416 g/mol. The second-order valence-electron chi connectivity index (χ2n) is 6.98. The Hall–Kier alpha value is -2.31. The number of thioether (sulfide) groups is 1.